The van der Waals surface area contributed by atoms with Gasteiger partial charge in [0.1, 0.15) is 5.82 Å². The first kappa shape index (κ1) is 13.2. The molecule has 2 aliphatic heterocycles. The predicted octanol–water partition coefficient (Wildman–Crippen LogP) is 2.31. The number of carbonyl (C=O) groups is 2. The van der Waals surface area contributed by atoms with E-state index in [2.05, 4.69) is 0 Å². The molecule has 1 atom stereocenters. The Labute approximate surface area is 116 Å². The number of rotatable bonds is 2. The zero-order valence-corrected chi connectivity index (χ0v) is 11.5. The first-order chi connectivity index (χ1) is 9.37. The maximum Gasteiger partial charge on any atom is 0.299 e. The molecule has 1 fully saturated rings. The van der Waals surface area contributed by atoms with Crippen molar-refractivity contribution in [1.29, 1.82) is 0 Å². The summed E-state index contributed by atoms with van der Waals surface area (Å²) in [6.45, 7) is 4.29. The van der Waals surface area contributed by atoms with Crippen LogP contribution in [0.5, 0.6) is 0 Å². The van der Waals surface area contributed by atoms with Gasteiger partial charge in [-0.05, 0) is 44.9 Å². The number of halogens is 1. The highest BCUT2D eigenvalue weighted by Crippen LogP contribution is 2.34. The second kappa shape index (κ2) is 4.38. The first-order valence-electron chi connectivity index (χ1n) is 6.71. The summed E-state index contributed by atoms with van der Waals surface area (Å²) in [6, 6.07) is 3.80. The van der Waals surface area contributed by atoms with E-state index in [4.69, 9.17) is 4.74 Å². The first-order valence-corrected chi connectivity index (χ1v) is 6.71. The van der Waals surface area contributed by atoms with Crippen LogP contribution in [0.25, 0.3) is 0 Å². The number of hydrogen-bond donors (Lipinski definition) is 0. The molecule has 0 bridgehead atoms. The Balaban J connectivity index is 1.86. The molecule has 0 radical (unpaired) electrons. The van der Waals surface area contributed by atoms with Crippen molar-refractivity contribution in [3.05, 3.63) is 29.6 Å². The minimum atomic E-state index is -0.598. The Morgan fingerprint density at radius 3 is 2.80 bits per heavy atom. The van der Waals surface area contributed by atoms with Gasteiger partial charge in [0.15, 0.2) is 0 Å². The summed E-state index contributed by atoms with van der Waals surface area (Å²) < 4.78 is 19.2. The smallest absolute Gasteiger partial charge is 0.299 e. The number of anilines is 1. The lowest BCUT2D eigenvalue weighted by atomic mass is 10.1. The summed E-state index contributed by atoms with van der Waals surface area (Å²) in [7, 11) is 0. The molecule has 1 aromatic carbocycles. The van der Waals surface area contributed by atoms with E-state index in [9.17, 15) is 14.0 Å². The molecular formula is C15H16FNO3. The van der Waals surface area contributed by atoms with Gasteiger partial charge >= 0.3 is 0 Å². The van der Waals surface area contributed by atoms with Gasteiger partial charge < -0.3 is 9.64 Å². The number of ketones is 1. The van der Waals surface area contributed by atoms with E-state index in [0.29, 0.717) is 12.2 Å². The van der Waals surface area contributed by atoms with E-state index in [-0.39, 0.29) is 17.3 Å². The van der Waals surface area contributed by atoms with Crippen molar-refractivity contribution < 1.29 is 18.7 Å². The Bertz CT molecular complexity index is 597. The van der Waals surface area contributed by atoms with Gasteiger partial charge in [0.05, 0.1) is 29.5 Å². The lowest BCUT2D eigenvalue weighted by Crippen LogP contribution is -2.37. The molecule has 0 spiro atoms. The van der Waals surface area contributed by atoms with Crippen LogP contribution < -0.4 is 4.90 Å². The minimum absolute atomic E-state index is 0.115. The number of hydrogen-bond acceptors (Lipinski definition) is 3. The summed E-state index contributed by atoms with van der Waals surface area (Å²) in [4.78, 5) is 25.2. The van der Waals surface area contributed by atoms with Crippen molar-refractivity contribution in [3.63, 3.8) is 0 Å². The van der Waals surface area contributed by atoms with Crippen LogP contribution in [0.1, 0.15) is 37.0 Å². The van der Waals surface area contributed by atoms with E-state index in [1.165, 1.54) is 23.1 Å². The number of benzene rings is 1. The molecule has 0 aliphatic carbocycles. The maximum atomic E-state index is 13.3. The lowest BCUT2D eigenvalue weighted by Gasteiger charge is -2.23. The second-order valence-corrected chi connectivity index (χ2v) is 5.94. The molecule has 5 heteroatoms. The van der Waals surface area contributed by atoms with Gasteiger partial charge in [-0.3, -0.25) is 9.59 Å². The Morgan fingerprint density at radius 2 is 2.15 bits per heavy atom. The van der Waals surface area contributed by atoms with Gasteiger partial charge in [0.2, 0.25) is 0 Å². The van der Waals surface area contributed by atoms with Crippen molar-refractivity contribution >= 4 is 17.4 Å². The fraction of sp³-hybridized carbons (Fsp3) is 0.467. The minimum Gasteiger partial charge on any atom is -0.370 e. The Hall–Kier alpha value is -1.75. The normalized spacial score (nSPS) is 24.4. The molecule has 0 aromatic heterocycles. The molecule has 106 valence electrons. The van der Waals surface area contributed by atoms with Crippen LogP contribution >= 0.6 is 0 Å². The summed E-state index contributed by atoms with van der Waals surface area (Å²) >= 11 is 0. The third kappa shape index (κ3) is 2.12. The van der Waals surface area contributed by atoms with Gasteiger partial charge in [-0.2, -0.15) is 0 Å². The highest BCUT2D eigenvalue weighted by atomic mass is 19.1. The van der Waals surface area contributed by atoms with Crippen molar-refractivity contribution in [2.45, 2.75) is 38.4 Å². The summed E-state index contributed by atoms with van der Waals surface area (Å²) in [5.41, 5.74) is 0.421. The summed E-state index contributed by atoms with van der Waals surface area (Å²) in [6.07, 6.45) is 1.62. The molecule has 1 aromatic rings. The van der Waals surface area contributed by atoms with Crippen LogP contribution in [0.4, 0.5) is 10.1 Å². The topological polar surface area (TPSA) is 46.6 Å². The van der Waals surface area contributed by atoms with Gasteiger partial charge in [0.25, 0.3) is 11.7 Å². The van der Waals surface area contributed by atoms with Crippen LogP contribution in [-0.4, -0.2) is 29.9 Å². The third-order valence-corrected chi connectivity index (χ3v) is 3.87. The van der Waals surface area contributed by atoms with E-state index >= 15 is 0 Å². The van der Waals surface area contributed by atoms with Crippen LogP contribution in [0.3, 0.4) is 0 Å². The third-order valence-electron chi connectivity index (χ3n) is 3.87. The molecule has 0 N–H and O–H groups in total. The zero-order valence-electron chi connectivity index (χ0n) is 11.5. The van der Waals surface area contributed by atoms with E-state index < -0.39 is 17.5 Å². The fourth-order valence-electron chi connectivity index (χ4n) is 2.86. The highest BCUT2D eigenvalue weighted by Gasteiger charge is 2.40. The molecule has 20 heavy (non-hydrogen) atoms. The lowest BCUT2D eigenvalue weighted by molar-refractivity contribution is -0.114. The van der Waals surface area contributed by atoms with Crippen molar-refractivity contribution in [1.82, 2.24) is 0 Å². The highest BCUT2D eigenvalue weighted by molar-refractivity contribution is 6.52. The van der Waals surface area contributed by atoms with Crippen LogP contribution in [0.15, 0.2) is 18.2 Å². The standard InChI is InChI=1S/C15H16FNO3/c1-15(2)6-5-10(20-15)8-17-12-7-9(16)3-4-11(12)13(18)14(17)19/h3-4,7,10H,5-6,8H2,1-2H3. The maximum absolute atomic E-state index is 13.3. The largest absolute Gasteiger partial charge is 0.370 e. The number of ether oxygens (including phenoxy) is 1. The number of Topliss-reactive ketones (excluding diaryl/α,β-unsaturated/α-hetero) is 1. The van der Waals surface area contributed by atoms with Gasteiger partial charge in [-0.25, -0.2) is 4.39 Å². The van der Waals surface area contributed by atoms with Gasteiger partial charge in [0, 0.05) is 0 Å². The molecule has 2 heterocycles. The van der Waals surface area contributed by atoms with Crippen molar-refractivity contribution in [2.24, 2.45) is 0 Å². The number of fused-ring (bicyclic) bond motifs is 1. The molecule has 0 saturated carbocycles. The van der Waals surface area contributed by atoms with E-state index in [0.717, 1.165) is 12.8 Å². The van der Waals surface area contributed by atoms with Gasteiger partial charge in [-0.15, -0.1) is 0 Å². The average molecular weight is 277 g/mol. The molecular weight excluding hydrogens is 261 g/mol. The number of amides is 1. The number of carbonyl (C=O) groups excluding carboxylic acids is 2. The molecule has 4 nitrogen and oxygen atoms in total. The van der Waals surface area contributed by atoms with Gasteiger partial charge in [-0.1, -0.05) is 0 Å². The average Bonchev–Trinajstić information content (AvgIpc) is 2.83. The molecule has 1 unspecified atom stereocenters. The Morgan fingerprint density at radius 1 is 1.40 bits per heavy atom. The SMILES string of the molecule is CC1(C)CCC(CN2C(=O)C(=O)c3ccc(F)cc32)O1. The second-order valence-electron chi connectivity index (χ2n) is 5.94. The molecule has 2 aliphatic rings. The zero-order chi connectivity index (χ0) is 14.5. The monoisotopic (exact) mass is 277 g/mol. The fourth-order valence-corrected chi connectivity index (χ4v) is 2.86. The Kier molecular flexibility index (Phi) is 2.90. The van der Waals surface area contributed by atoms with Crippen LogP contribution in [0.2, 0.25) is 0 Å². The van der Waals surface area contributed by atoms with Crippen molar-refractivity contribution in [3.8, 4) is 0 Å². The summed E-state index contributed by atoms with van der Waals surface area (Å²) in [5, 5.41) is 0. The summed E-state index contributed by atoms with van der Waals surface area (Å²) in [5.74, 6) is -1.62. The van der Waals surface area contributed by atoms with E-state index in [1.807, 2.05) is 13.8 Å². The van der Waals surface area contributed by atoms with Crippen LogP contribution in [0, 0.1) is 5.82 Å². The van der Waals surface area contributed by atoms with E-state index in [1.54, 1.807) is 0 Å². The number of nitrogens with zero attached hydrogens (tertiary/aromatic N) is 1. The quantitative estimate of drug-likeness (QED) is 0.779. The predicted molar refractivity (Wildman–Crippen MR) is 71.3 cm³/mol. The van der Waals surface area contributed by atoms with Crippen molar-refractivity contribution in [2.75, 3.05) is 11.4 Å². The molecule has 1 saturated heterocycles. The molecule has 1 amide bonds. The van der Waals surface area contributed by atoms with Crippen LogP contribution in [-0.2, 0) is 9.53 Å². The molecule has 3 rings (SSSR count).